The Labute approximate surface area is 514 Å². The van der Waals surface area contributed by atoms with Gasteiger partial charge < -0.3 is 19.6 Å². The molecule has 0 bridgehead atoms. The van der Waals surface area contributed by atoms with Gasteiger partial charge in [0.2, 0.25) is 0 Å². The summed E-state index contributed by atoms with van der Waals surface area (Å²) in [6.45, 7) is 0. The molecule has 0 aliphatic rings. The number of hydrogen-bond acceptors (Lipinski definition) is 4. The molecule has 0 amide bonds. The number of anilines is 12. The molecule has 0 N–H and O–H groups in total. The summed E-state index contributed by atoms with van der Waals surface area (Å²) in [5, 5.41) is 7.30. The first-order chi connectivity index (χ1) is 43.6. The average Bonchev–Trinajstić information content (AvgIpc) is 3.01. The summed E-state index contributed by atoms with van der Waals surface area (Å²) in [5.41, 5.74) is 19.6. The summed E-state index contributed by atoms with van der Waals surface area (Å²) >= 11 is 0. The van der Waals surface area contributed by atoms with Crippen molar-refractivity contribution in [3.8, 4) is 33.4 Å². The molecule has 0 heterocycles. The second-order valence-corrected chi connectivity index (χ2v) is 22.1. The molecule has 0 fully saturated rings. The first-order valence-electron chi connectivity index (χ1n) is 30.1. The van der Waals surface area contributed by atoms with E-state index >= 15 is 0 Å². The Morgan fingerprint density at radius 1 is 0.136 bits per heavy atom. The van der Waals surface area contributed by atoms with Gasteiger partial charge in [-0.05, 0) is 195 Å². The number of para-hydroxylation sites is 6. The van der Waals surface area contributed by atoms with E-state index in [0.29, 0.717) is 0 Å². The lowest BCUT2D eigenvalue weighted by Gasteiger charge is -2.31. The molecular weight excluding hydrogens is 1060 g/mol. The highest BCUT2D eigenvalue weighted by Crippen LogP contribution is 2.47. The second-order valence-electron chi connectivity index (χ2n) is 22.1. The highest BCUT2D eigenvalue weighted by atomic mass is 15.2. The zero-order chi connectivity index (χ0) is 58.6. The van der Waals surface area contributed by atoms with E-state index < -0.39 is 0 Å². The molecule has 4 nitrogen and oxygen atoms in total. The van der Waals surface area contributed by atoms with Crippen LogP contribution in [0.2, 0.25) is 0 Å². The van der Waals surface area contributed by atoms with Crippen LogP contribution in [-0.2, 0) is 0 Å². The molecule has 0 saturated carbocycles. The van der Waals surface area contributed by atoms with Gasteiger partial charge in [0.1, 0.15) is 0 Å². The minimum Gasteiger partial charge on any atom is -0.310 e. The summed E-state index contributed by atoms with van der Waals surface area (Å²) < 4.78 is 0. The molecule has 0 aliphatic carbocycles. The van der Waals surface area contributed by atoms with Gasteiger partial charge in [0.05, 0.1) is 17.1 Å². The molecule has 0 aliphatic heterocycles. The van der Waals surface area contributed by atoms with Crippen molar-refractivity contribution in [3.63, 3.8) is 0 Å². The van der Waals surface area contributed by atoms with Crippen LogP contribution < -0.4 is 19.6 Å². The van der Waals surface area contributed by atoms with E-state index in [4.69, 9.17) is 0 Å². The Morgan fingerprint density at radius 2 is 0.341 bits per heavy atom. The molecule has 88 heavy (non-hydrogen) atoms. The Bertz CT molecular complexity index is 4410. The largest absolute Gasteiger partial charge is 0.310 e. The fraction of sp³-hybridized carbons (Fsp3) is 0. The van der Waals surface area contributed by atoms with E-state index in [9.17, 15) is 0 Å². The highest BCUT2D eigenvalue weighted by Gasteiger charge is 2.23. The van der Waals surface area contributed by atoms with Crippen LogP contribution in [0.5, 0.6) is 0 Å². The van der Waals surface area contributed by atoms with Gasteiger partial charge in [-0.25, -0.2) is 0 Å². The maximum absolute atomic E-state index is 2.38. The van der Waals surface area contributed by atoms with Crippen LogP contribution in [0.3, 0.4) is 0 Å². The quantitative estimate of drug-likeness (QED) is 0.101. The van der Waals surface area contributed by atoms with Gasteiger partial charge in [0, 0.05) is 67.9 Å². The SMILES string of the molecule is c1ccc(N(c2ccc(N(c3ccc(N(c4ccccc4)c4ccccc4-c4ccc5ccccc5c4)cc3)c3ccc(N(c4ccccc4)c4ccccc4-c4ccc5ccccc5c4)cc3)cc2)c2ccccc2-c2ccc3ccccc3c2)cc1. The second kappa shape index (κ2) is 23.7. The molecule has 15 aromatic carbocycles. The monoisotopic (exact) mass is 1120 g/mol. The molecule has 416 valence electrons. The van der Waals surface area contributed by atoms with Crippen molar-refractivity contribution in [1.82, 2.24) is 0 Å². The van der Waals surface area contributed by atoms with Crippen molar-refractivity contribution in [3.05, 3.63) is 364 Å². The summed E-state index contributed by atoms with van der Waals surface area (Å²) in [4.78, 5) is 9.51. The van der Waals surface area contributed by atoms with Crippen LogP contribution in [0.25, 0.3) is 65.7 Å². The predicted molar refractivity (Wildman–Crippen MR) is 374 cm³/mol. The Hall–Kier alpha value is -11.7. The number of rotatable bonds is 15. The molecule has 15 rings (SSSR count). The smallest absolute Gasteiger partial charge is 0.0540 e. The lowest BCUT2D eigenvalue weighted by Crippen LogP contribution is -2.14. The van der Waals surface area contributed by atoms with Crippen molar-refractivity contribution in [2.75, 3.05) is 19.6 Å². The number of fused-ring (bicyclic) bond motifs is 3. The van der Waals surface area contributed by atoms with Crippen molar-refractivity contribution in [2.24, 2.45) is 0 Å². The highest BCUT2D eigenvalue weighted by molar-refractivity contribution is 5.97. The van der Waals surface area contributed by atoms with Crippen LogP contribution in [0.15, 0.2) is 364 Å². The zero-order valence-electron chi connectivity index (χ0n) is 48.4. The molecule has 0 atom stereocenters. The van der Waals surface area contributed by atoms with E-state index in [-0.39, 0.29) is 0 Å². The van der Waals surface area contributed by atoms with Gasteiger partial charge in [-0.2, -0.15) is 0 Å². The fourth-order valence-corrected chi connectivity index (χ4v) is 12.5. The van der Waals surface area contributed by atoms with Gasteiger partial charge in [-0.3, -0.25) is 0 Å². The molecular formula is C84H60N4. The number of benzene rings is 15. The summed E-state index contributed by atoms with van der Waals surface area (Å²) in [5.74, 6) is 0. The van der Waals surface area contributed by atoms with Crippen LogP contribution in [0.1, 0.15) is 0 Å². The van der Waals surface area contributed by atoms with Crippen molar-refractivity contribution >= 4 is 101 Å². The maximum atomic E-state index is 2.38. The van der Waals surface area contributed by atoms with Gasteiger partial charge in [-0.1, -0.05) is 218 Å². The predicted octanol–water partition coefficient (Wildman–Crippen LogP) is 24.0. The molecule has 4 heteroatoms. The minimum absolute atomic E-state index is 1.02. The Balaban J connectivity index is 0.854. The molecule has 0 radical (unpaired) electrons. The van der Waals surface area contributed by atoms with E-state index in [2.05, 4.69) is 384 Å². The topological polar surface area (TPSA) is 13.0 Å². The van der Waals surface area contributed by atoms with E-state index in [1.165, 1.54) is 32.3 Å². The molecule has 15 aromatic rings. The Morgan fingerprint density at radius 3 is 0.614 bits per heavy atom. The van der Waals surface area contributed by atoms with E-state index in [1.807, 2.05) is 0 Å². The summed E-state index contributed by atoms with van der Waals surface area (Å²) in [6.07, 6.45) is 0. The van der Waals surface area contributed by atoms with Gasteiger partial charge >= 0.3 is 0 Å². The fourth-order valence-electron chi connectivity index (χ4n) is 12.5. The molecule has 0 spiro atoms. The van der Waals surface area contributed by atoms with Crippen LogP contribution >= 0.6 is 0 Å². The van der Waals surface area contributed by atoms with Crippen LogP contribution in [0, 0.1) is 0 Å². The zero-order valence-corrected chi connectivity index (χ0v) is 48.4. The standard InChI is InChI=1S/C84H60N4/c1-4-28-70(29-5-1)86(82-37-19-16-34-79(82)67-43-40-61-22-10-13-25-64(61)58-67)76-52-46-73(47-53-76)85(74-48-54-77(55-49-74)87(71-30-6-2-7-31-71)83-38-20-17-35-80(83)68-44-41-62-23-11-14-26-65(62)59-68)75-50-56-78(57-51-75)88(72-32-8-3-9-33-72)84-39-21-18-36-81(84)69-45-42-63-24-12-15-27-66(63)60-69/h1-60H. The van der Waals surface area contributed by atoms with E-state index in [1.54, 1.807) is 0 Å². The van der Waals surface area contributed by atoms with E-state index in [0.717, 1.165) is 102 Å². The lowest BCUT2D eigenvalue weighted by molar-refractivity contribution is 1.24. The average molecular weight is 1130 g/mol. The Kier molecular flexibility index (Phi) is 14.3. The first-order valence-corrected chi connectivity index (χ1v) is 30.1. The molecule has 0 saturated heterocycles. The summed E-state index contributed by atoms with van der Waals surface area (Å²) in [6, 6.07) is 132. The lowest BCUT2D eigenvalue weighted by atomic mass is 9.98. The number of hydrogen-bond donors (Lipinski definition) is 0. The normalized spacial score (nSPS) is 11.2. The third-order valence-corrected chi connectivity index (χ3v) is 16.8. The first kappa shape index (κ1) is 53.0. The number of nitrogens with zero attached hydrogens (tertiary/aromatic N) is 4. The van der Waals surface area contributed by atoms with Gasteiger partial charge in [0.15, 0.2) is 0 Å². The molecule has 0 unspecified atom stereocenters. The third kappa shape index (κ3) is 10.5. The summed E-state index contributed by atoms with van der Waals surface area (Å²) in [7, 11) is 0. The van der Waals surface area contributed by atoms with Crippen LogP contribution in [0.4, 0.5) is 68.2 Å². The van der Waals surface area contributed by atoms with Crippen LogP contribution in [-0.4, -0.2) is 0 Å². The van der Waals surface area contributed by atoms with Crippen molar-refractivity contribution in [1.29, 1.82) is 0 Å². The van der Waals surface area contributed by atoms with Gasteiger partial charge in [-0.15, -0.1) is 0 Å². The maximum Gasteiger partial charge on any atom is 0.0540 e. The van der Waals surface area contributed by atoms with Gasteiger partial charge in [0.25, 0.3) is 0 Å². The molecule has 0 aromatic heterocycles. The third-order valence-electron chi connectivity index (χ3n) is 16.8. The van der Waals surface area contributed by atoms with Crippen molar-refractivity contribution in [2.45, 2.75) is 0 Å². The van der Waals surface area contributed by atoms with Crippen molar-refractivity contribution < 1.29 is 0 Å². The minimum atomic E-state index is 1.02.